The van der Waals surface area contributed by atoms with Crippen LogP contribution in [-0.4, -0.2) is 37.6 Å². The van der Waals surface area contributed by atoms with Crippen molar-refractivity contribution in [2.24, 2.45) is 0 Å². The van der Waals surface area contributed by atoms with Crippen molar-refractivity contribution >= 4 is 35.6 Å². The number of nitrogens with one attached hydrogen (secondary N) is 4. The number of carbonyl (C=O) groups is 2. The van der Waals surface area contributed by atoms with Gasteiger partial charge in [0.1, 0.15) is 5.70 Å². The monoisotopic (exact) mass is 458 g/mol. The van der Waals surface area contributed by atoms with E-state index in [1.165, 1.54) is 28.9 Å². The molecule has 33 heavy (non-hydrogen) atoms. The number of rotatable bonds is 6. The summed E-state index contributed by atoms with van der Waals surface area (Å²) in [7, 11) is 0. The maximum Gasteiger partial charge on any atom is 0.416 e. The number of hydrogen-bond donors (Lipinski definition) is 4. The van der Waals surface area contributed by atoms with Gasteiger partial charge in [0.15, 0.2) is 5.65 Å². The van der Waals surface area contributed by atoms with Crippen LogP contribution in [-0.2, 0) is 17.5 Å². The molecule has 0 unspecified atom stereocenters. The van der Waals surface area contributed by atoms with Gasteiger partial charge < -0.3 is 16.0 Å². The lowest BCUT2D eigenvalue weighted by Crippen LogP contribution is -2.22. The molecule has 10 nitrogen and oxygen atoms in total. The summed E-state index contributed by atoms with van der Waals surface area (Å²) in [5.41, 5.74) is 0.805. The lowest BCUT2D eigenvalue weighted by molar-refractivity contribution is -0.137. The van der Waals surface area contributed by atoms with E-state index in [0.29, 0.717) is 22.7 Å². The van der Waals surface area contributed by atoms with E-state index in [0.717, 1.165) is 25.0 Å². The largest absolute Gasteiger partial charge is 0.416 e. The molecule has 0 atom stereocenters. The van der Waals surface area contributed by atoms with Gasteiger partial charge in [0, 0.05) is 18.2 Å². The number of nitrogens with zero attached hydrogens (tertiary/aromatic N) is 4. The van der Waals surface area contributed by atoms with Crippen molar-refractivity contribution in [3.8, 4) is 0 Å². The number of benzene rings is 1. The molecule has 170 valence electrons. The van der Waals surface area contributed by atoms with Gasteiger partial charge in [-0.1, -0.05) is 12.1 Å². The summed E-state index contributed by atoms with van der Waals surface area (Å²) < 4.78 is 39.8. The first kappa shape index (κ1) is 20.7. The first-order valence-electron chi connectivity index (χ1n) is 10.0. The van der Waals surface area contributed by atoms with Crippen LogP contribution in [0.2, 0.25) is 0 Å². The SMILES string of the molecule is O=C1NC(=O)/C(=C/c2cnn3c(NC4CC4)nc(NCc4ccc(C(F)(F)F)cc4)nc23)N1. The first-order chi connectivity index (χ1) is 15.8. The molecule has 3 amide bonds. The highest BCUT2D eigenvalue weighted by molar-refractivity contribution is 6.14. The van der Waals surface area contributed by atoms with Gasteiger partial charge in [0.25, 0.3) is 5.91 Å². The Morgan fingerprint density at radius 3 is 2.52 bits per heavy atom. The Hall–Kier alpha value is -4.16. The Balaban J connectivity index is 1.43. The Morgan fingerprint density at radius 1 is 1.12 bits per heavy atom. The summed E-state index contributed by atoms with van der Waals surface area (Å²) in [5.74, 6) is 0.0953. The summed E-state index contributed by atoms with van der Waals surface area (Å²) in [6.07, 6.45) is 0.531. The maximum absolute atomic E-state index is 12.8. The van der Waals surface area contributed by atoms with Crippen LogP contribution in [0, 0.1) is 0 Å². The van der Waals surface area contributed by atoms with Crippen LogP contribution in [0.3, 0.4) is 0 Å². The van der Waals surface area contributed by atoms with Crippen molar-refractivity contribution in [3.63, 3.8) is 0 Å². The van der Waals surface area contributed by atoms with E-state index in [4.69, 9.17) is 0 Å². The van der Waals surface area contributed by atoms with E-state index < -0.39 is 23.7 Å². The van der Waals surface area contributed by atoms with Crippen LogP contribution in [0.5, 0.6) is 0 Å². The summed E-state index contributed by atoms with van der Waals surface area (Å²) in [6.45, 7) is 0.195. The van der Waals surface area contributed by atoms with Crippen molar-refractivity contribution in [1.82, 2.24) is 30.2 Å². The number of urea groups is 1. The molecule has 2 aromatic heterocycles. The van der Waals surface area contributed by atoms with Crippen LogP contribution in [0.15, 0.2) is 36.2 Å². The number of aromatic nitrogens is 4. The summed E-state index contributed by atoms with van der Waals surface area (Å²) in [5, 5.41) is 15.1. The molecule has 3 aromatic rings. The van der Waals surface area contributed by atoms with E-state index in [2.05, 4.69) is 36.3 Å². The molecule has 2 aliphatic rings. The predicted octanol–water partition coefficient (Wildman–Crippen LogP) is 2.51. The normalized spacial score (nSPS) is 17.4. The number of anilines is 2. The molecule has 1 saturated heterocycles. The number of imide groups is 1. The van der Waals surface area contributed by atoms with Crippen molar-refractivity contribution in [3.05, 3.63) is 52.8 Å². The van der Waals surface area contributed by atoms with Crippen molar-refractivity contribution in [2.45, 2.75) is 31.6 Å². The maximum atomic E-state index is 12.8. The Kier molecular flexibility index (Phi) is 4.87. The van der Waals surface area contributed by atoms with Crippen molar-refractivity contribution in [2.75, 3.05) is 10.6 Å². The minimum absolute atomic E-state index is 0.0597. The third-order valence-electron chi connectivity index (χ3n) is 5.06. The lowest BCUT2D eigenvalue weighted by Gasteiger charge is -2.11. The fourth-order valence-corrected chi connectivity index (χ4v) is 3.21. The minimum atomic E-state index is -4.40. The third-order valence-corrected chi connectivity index (χ3v) is 5.06. The molecule has 2 fully saturated rings. The Labute approximate surface area is 184 Å². The number of amides is 3. The van der Waals surface area contributed by atoms with Gasteiger partial charge >= 0.3 is 12.2 Å². The molecular formula is C20H17F3N8O2. The molecule has 13 heteroatoms. The van der Waals surface area contributed by atoms with Crippen LogP contribution >= 0.6 is 0 Å². The van der Waals surface area contributed by atoms with Gasteiger partial charge in [0.05, 0.1) is 11.8 Å². The Morgan fingerprint density at radius 2 is 1.88 bits per heavy atom. The number of alkyl halides is 3. The fraction of sp³-hybridized carbons (Fsp3) is 0.250. The van der Waals surface area contributed by atoms with Crippen LogP contribution in [0.25, 0.3) is 11.7 Å². The molecular weight excluding hydrogens is 441 g/mol. The zero-order valence-corrected chi connectivity index (χ0v) is 16.9. The highest BCUT2D eigenvalue weighted by Gasteiger charge is 2.30. The molecule has 5 rings (SSSR count). The first-order valence-corrected chi connectivity index (χ1v) is 10.0. The van der Waals surface area contributed by atoms with Gasteiger partial charge in [-0.2, -0.15) is 32.8 Å². The second kappa shape index (κ2) is 7.76. The van der Waals surface area contributed by atoms with E-state index in [-0.39, 0.29) is 24.2 Å². The van der Waals surface area contributed by atoms with Gasteiger partial charge in [-0.05, 0) is 36.6 Å². The highest BCUT2D eigenvalue weighted by atomic mass is 19.4. The topological polar surface area (TPSA) is 125 Å². The zero-order valence-electron chi connectivity index (χ0n) is 16.9. The molecule has 1 aliphatic carbocycles. The standard InChI is InChI=1S/C20H17F3N8O2/c21-20(22,23)12-3-1-10(2-4-12)8-24-17-28-15-11(7-14-16(32)29-19(33)27-14)9-25-31(15)18(30-17)26-13-5-6-13/h1-4,7,9,13H,5-6,8H2,(H2,24,26,28,30)(H2,27,29,32,33)/b14-7-. The summed E-state index contributed by atoms with van der Waals surface area (Å²) in [4.78, 5) is 32.1. The minimum Gasteiger partial charge on any atom is -0.351 e. The van der Waals surface area contributed by atoms with E-state index >= 15 is 0 Å². The van der Waals surface area contributed by atoms with Gasteiger partial charge in [-0.15, -0.1) is 0 Å². The number of hydrogen-bond acceptors (Lipinski definition) is 7. The highest BCUT2D eigenvalue weighted by Crippen LogP contribution is 2.29. The van der Waals surface area contributed by atoms with Crippen LogP contribution in [0.1, 0.15) is 29.5 Å². The molecule has 4 N–H and O–H groups in total. The van der Waals surface area contributed by atoms with Crippen LogP contribution in [0.4, 0.5) is 29.9 Å². The quantitative estimate of drug-likeness (QED) is 0.330. The Bertz CT molecular complexity index is 1280. The van der Waals surface area contributed by atoms with Crippen molar-refractivity contribution in [1.29, 1.82) is 0 Å². The van der Waals surface area contributed by atoms with Gasteiger partial charge in [-0.3, -0.25) is 10.1 Å². The lowest BCUT2D eigenvalue weighted by atomic mass is 10.1. The van der Waals surface area contributed by atoms with Gasteiger partial charge in [0.2, 0.25) is 11.9 Å². The van der Waals surface area contributed by atoms with Crippen molar-refractivity contribution < 1.29 is 22.8 Å². The van der Waals surface area contributed by atoms with Gasteiger partial charge in [-0.25, -0.2) is 4.79 Å². The number of fused-ring (bicyclic) bond motifs is 1. The zero-order chi connectivity index (χ0) is 23.2. The molecule has 0 spiro atoms. The number of carbonyl (C=O) groups excluding carboxylic acids is 2. The average molecular weight is 458 g/mol. The van der Waals surface area contributed by atoms with E-state index in [1.54, 1.807) is 0 Å². The molecule has 1 aliphatic heterocycles. The smallest absolute Gasteiger partial charge is 0.351 e. The molecule has 1 aromatic carbocycles. The third kappa shape index (κ3) is 4.42. The summed E-state index contributed by atoms with van der Waals surface area (Å²) in [6, 6.07) is 4.44. The summed E-state index contributed by atoms with van der Waals surface area (Å²) >= 11 is 0. The van der Waals surface area contributed by atoms with E-state index in [9.17, 15) is 22.8 Å². The fourth-order valence-electron chi connectivity index (χ4n) is 3.21. The predicted molar refractivity (Wildman–Crippen MR) is 111 cm³/mol. The molecule has 3 heterocycles. The molecule has 1 saturated carbocycles. The second-order valence-electron chi connectivity index (χ2n) is 7.64. The number of halogens is 3. The molecule has 0 radical (unpaired) electrons. The second-order valence-corrected chi connectivity index (χ2v) is 7.64. The average Bonchev–Trinajstić information content (AvgIpc) is 3.40. The van der Waals surface area contributed by atoms with Crippen LogP contribution < -0.4 is 21.3 Å². The molecule has 0 bridgehead atoms. The van der Waals surface area contributed by atoms with E-state index in [1.807, 2.05) is 0 Å².